The second-order valence-corrected chi connectivity index (χ2v) is 8.93. The zero-order chi connectivity index (χ0) is 23.1. The molecule has 0 saturated carbocycles. The molecule has 1 saturated heterocycles. The lowest BCUT2D eigenvalue weighted by molar-refractivity contribution is 0.0715. The lowest BCUT2D eigenvalue weighted by Crippen LogP contribution is -2.42. The summed E-state index contributed by atoms with van der Waals surface area (Å²) in [4.78, 5) is 23.6. The summed E-state index contributed by atoms with van der Waals surface area (Å²) in [6.07, 6.45) is 9.44. The molecule has 168 valence electrons. The average Bonchev–Trinajstić information content (AvgIpc) is 3.32. The van der Waals surface area contributed by atoms with Crippen LogP contribution in [0.15, 0.2) is 85.5 Å². The summed E-state index contributed by atoms with van der Waals surface area (Å²) in [5.74, 6) is 0.0808. The van der Waals surface area contributed by atoms with E-state index in [1.165, 1.54) is 0 Å². The van der Waals surface area contributed by atoms with Crippen LogP contribution < -0.4 is 5.73 Å². The van der Waals surface area contributed by atoms with Gasteiger partial charge in [0, 0.05) is 54.2 Å². The zero-order valence-electron chi connectivity index (χ0n) is 18.8. The van der Waals surface area contributed by atoms with Gasteiger partial charge in [0.05, 0.1) is 11.9 Å². The van der Waals surface area contributed by atoms with Crippen molar-refractivity contribution < 1.29 is 4.79 Å². The van der Waals surface area contributed by atoms with Gasteiger partial charge in [0.25, 0.3) is 5.91 Å². The minimum Gasteiger partial charge on any atom is -0.339 e. The first-order valence-corrected chi connectivity index (χ1v) is 11.6. The SMILES string of the molecule is NC1CCN(C(=O)c2ccc(-c3ccc4ncc(-c5ccc6cnccc6c5)n4c3)cc2)CC1. The molecule has 6 rings (SSSR count). The van der Waals surface area contributed by atoms with Crippen LogP contribution >= 0.6 is 0 Å². The molecule has 0 aliphatic carbocycles. The fourth-order valence-electron chi connectivity index (χ4n) is 4.70. The van der Waals surface area contributed by atoms with Gasteiger partial charge in [-0.15, -0.1) is 0 Å². The molecule has 34 heavy (non-hydrogen) atoms. The minimum absolute atomic E-state index is 0.0808. The second-order valence-electron chi connectivity index (χ2n) is 8.93. The van der Waals surface area contributed by atoms with E-state index < -0.39 is 0 Å². The molecule has 1 aliphatic rings. The molecule has 6 heteroatoms. The average molecular weight is 448 g/mol. The Morgan fingerprint density at radius 1 is 0.853 bits per heavy atom. The third-order valence-corrected chi connectivity index (χ3v) is 6.73. The van der Waals surface area contributed by atoms with Crippen molar-refractivity contribution in [1.29, 1.82) is 0 Å². The van der Waals surface area contributed by atoms with E-state index in [9.17, 15) is 4.79 Å². The van der Waals surface area contributed by atoms with Crippen molar-refractivity contribution in [3.05, 3.63) is 91.0 Å². The van der Waals surface area contributed by atoms with Crippen molar-refractivity contribution in [2.45, 2.75) is 18.9 Å². The minimum atomic E-state index is 0.0808. The van der Waals surface area contributed by atoms with Crippen molar-refractivity contribution in [2.24, 2.45) is 5.73 Å². The molecule has 2 aromatic carbocycles. The van der Waals surface area contributed by atoms with E-state index in [4.69, 9.17) is 5.73 Å². The molecule has 1 fully saturated rings. The van der Waals surface area contributed by atoms with Gasteiger partial charge in [-0.2, -0.15) is 0 Å². The molecule has 2 N–H and O–H groups in total. The number of carbonyl (C=O) groups excluding carboxylic acids is 1. The lowest BCUT2D eigenvalue weighted by Gasteiger charge is -2.30. The summed E-state index contributed by atoms with van der Waals surface area (Å²) >= 11 is 0. The number of hydrogen-bond donors (Lipinski definition) is 1. The maximum absolute atomic E-state index is 12.9. The van der Waals surface area contributed by atoms with Gasteiger partial charge in [0.15, 0.2) is 0 Å². The molecule has 0 unspecified atom stereocenters. The van der Waals surface area contributed by atoms with E-state index in [1.807, 2.05) is 59.9 Å². The van der Waals surface area contributed by atoms with Crippen molar-refractivity contribution in [3.8, 4) is 22.4 Å². The number of piperidine rings is 1. The number of amides is 1. The first kappa shape index (κ1) is 20.6. The van der Waals surface area contributed by atoms with Crippen LogP contribution in [-0.2, 0) is 0 Å². The van der Waals surface area contributed by atoms with E-state index >= 15 is 0 Å². The maximum Gasteiger partial charge on any atom is 0.253 e. The number of benzene rings is 2. The number of likely N-dealkylation sites (tertiary alicyclic amines) is 1. The van der Waals surface area contributed by atoms with Gasteiger partial charge in [0.2, 0.25) is 0 Å². The standard InChI is InChI=1S/C28H25N5O/c29-25-10-13-32(14-11-25)28(34)20-3-1-19(2-4-20)24-7-8-27-31-17-26(33(27)18-24)22-5-6-23-16-30-12-9-21(23)15-22/h1-9,12,15-18,25H,10-11,13-14,29H2. The number of pyridine rings is 2. The highest BCUT2D eigenvalue weighted by Crippen LogP contribution is 2.28. The van der Waals surface area contributed by atoms with E-state index in [2.05, 4.69) is 44.8 Å². The van der Waals surface area contributed by atoms with Gasteiger partial charge < -0.3 is 10.6 Å². The number of imidazole rings is 1. The molecule has 1 aliphatic heterocycles. The number of rotatable bonds is 3. The maximum atomic E-state index is 12.9. The van der Waals surface area contributed by atoms with Gasteiger partial charge >= 0.3 is 0 Å². The topological polar surface area (TPSA) is 76.5 Å². The monoisotopic (exact) mass is 447 g/mol. The molecule has 4 heterocycles. The Morgan fingerprint density at radius 2 is 1.62 bits per heavy atom. The summed E-state index contributed by atoms with van der Waals surface area (Å²) in [7, 11) is 0. The van der Waals surface area contributed by atoms with Crippen LogP contribution in [0.3, 0.4) is 0 Å². The van der Waals surface area contributed by atoms with E-state index in [0.717, 1.165) is 64.7 Å². The van der Waals surface area contributed by atoms with E-state index in [1.54, 1.807) is 0 Å². The molecule has 5 aromatic rings. The highest BCUT2D eigenvalue weighted by molar-refractivity contribution is 5.95. The molecule has 3 aromatic heterocycles. The first-order chi connectivity index (χ1) is 16.7. The quantitative estimate of drug-likeness (QED) is 0.432. The Bertz CT molecular complexity index is 1500. The number of nitrogens with two attached hydrogens (primary N) is 1. The molecule has 0 atom stereocenters. The lowest BCUT2D eigenvalue weighted by atomic mass is 10.0. The Morgan fingerprint density at radius 3 is 2.44 bits per heavy atom. The van der Waals surface area contributed by atoms with Crippen LogP contribution in [-0.4, -0.2) is 44.3 Å². The van der Waals surface area contributed by atoms with Crippen molar-refractivity contribution >= 4 is 22.3 Å². The van der Waals surface area contributed by atoms with Crippen molar-refractivity contribution in [3.63, 3.8) is 0 Å². The van der Waals surface area contributed by atoms with Crippen LogP contribution in [0, 0.1) is 0 Å². The summed E-state index contributed by atoms with van der Waals surface area (Å²) in [6.45, 7) is 1.46. The Labute approximate surface area is 197 Å². The highest BCUT2D eigenvalue weighted by atomic mass is 16.2. The van der Waals surface area contributed by atoms with E-state index in [0.29, 0.717) is 5.56 Å². The zero-order valence-corrected chi connectivity index (χ0v) is 18.8. The van der Waals surface area contributed by atoms with Gasteiger partial charge in [-0.3, -0.25) is 14.2 Å². The van der Waals surface area contributed by atoms with Crippen LogP contribution in [0.25, 0.3) is 38.8 Å². The molecular weight excluding hydrogens is 422 g/mol. The Hall–Kier alpha value is -4.03. The summed E-state index contributed by atoms with van der Waals surface area (Å²) in [5, 5.41) is 2.26. The smallest absolute Gasteiger partial charge is 0.253 e. The largest absolute Gasteiger partial charge is 0.339 e. The van der Waals surface area contributed by atoms with Crippen LogP contribution in [0.5, 0.6) is 0 Å². The third-order valence-electron chi connectivity index (χ3n) is 6.73. The normalized spacial score (nSPS) is 14.7. The number of carbonyl (C=O) groups is 1. The summed E-state index contributed by atoms with van der Waals surface area (Å²) in [5.41, 5.74) is 11.8. The molecule has 0 bridgehead atoms. The van der Waals surface area contributed by atoms with Gasteiger partial charge in [-0.25, -0.2) is 4.98 Å². The predicted octanol–water partition coefficient (Wildman–Crippen LogP) is 4.78. The molecule has 0 radical (unpaired) electrons. The van der Waals surface area contributed by atoms with Crippen molar-refractivity contribution in [2.75, 3.05) is 13.1 Å². The van der Waals surface area contributed by atoms with Crippen LogP contribution in [0.2, 0.25) is 0 Å². The predicted molar refractivity (Wildman–Crippen MR) is 134 cm³/mol. The van der Waals surface area contributed by atoms with Gasteiger partial charge in [-0.1, -0.05) is 24.3 Å². The fraction of sp³-hybridized carbons (Fsp3) is 0.179. The number of hydrogen-bond acceptors (Lipinski definition) is 4. The molecule has 6 nitrogen and oxygen atoms in total. The van der Waals surface area contributed by atoms with Crippen molar-refractivity contribution in [1.82, 2.24) is 19.3 Å². The van der Waals surface area contributed by atoms with Crippen LogP contribution in [0.1, 0.15) is 23.2 Å². The number of nitrogens with zero attached hydrogens (tertiary/aromatic N) is 4. The van der Waals surface area contributed by atoms with Gasteiger partial charge in [0.1, 0.15) is 5.65 Å². The number of aromatic nitrogens is 3. The Balaban J connectivity index is 1.31. The molecule has 1 amide bonds. The fourth-order valence-corrected chi connectivity index (χ4v) is 4.70. The number of fused-ring (bicyclic) bond motifs is 2. The second kappa shape index (κ2) is 8.39. The Kier molecular flexibility index (Phi) is 5.08. The molecule has 0 spiro atoms. The first-order valence-electron chi connectivity index (χ1n) is 11.6. The van der Waals surface area contributed by atoms with E-state index in [-0.39, 0.29) is 11.9 Å². The molecular formula is C28H25N5O. The third kappa shape index (κ3) is 3.72. The summed E-state index contributed by atoms with van der Waals surface area (Å²) in [6, 6.07) is 20.6. The summed E-state index contributed by atoms with van der Waals surface area (Å²) < 4.78 is 2.12. The van der Waals surface area contributed by atoms with Crippen LogP contribution in [0.4, 0.5) is 0 Å². The van der Waals surface area contributed by atoms with Gasteiger partial charge in [-0.05, 0) is 65.8 Å². The highest BCUT2D eigenvalue weighted by Gasteiger charge is 2.21.